The van der Waals surface area contributed by atoms with E-state index in [4.69, 9.17) is 0 Å². The summed E-state index contributed by atoms with van der Waals surface area (Å²) in [6.45, 7) is 0. The molecule has 1 aromatic heterocycles. The summed E-state index contributed by atoms with van der Waals surface area (Å²) in [6.07, 6.45) is 6.25. The van der Waals surface area contributed by atoms with Gasteiger partial charge >= 0.3 is 0 Å². The van der Waals surface area contributed by atoms with Crippen molar-refractivity contribution >= 4 is 15.9 Å². The molecule has 0 saturated heterocycles. The molecule has 1 aromatic carbocycles. The Bertz CT molecular complexity index is 562. The summed E-state index contributed by atoms with van der Waals surface area (Å²) in [4.78, 5) is 8.04. The van der Waals surface area contributed by atoms with E-state index in [0.29, 0.717) is 0 Å². The summed E-state index contributed by atoms with van der Waals surface area (Å²) < 4.78 is 1.11. The van der Waals surface area contributed by atoms with E-state index >= 15 is 0 Å². The van der Waals surface area contributed by atoms with Gasteiger partial charge in [0.2, 0.25) is 0 Å². The molecule has 1 heterocycles. The number of aromatic amines is 1. The van der Waals surface area contributed by atoms with Crippen LogP contribution in [-0.4, -0.2) is 9.97 Å². The topological polar surface area (TPSA) is 28.7 Å². The highest BCUT2D eigenvalue weighted by molar-refractivity contribution is 9.10. The average Bonchev–Trinajstić information content (AvgIpc) is 2.83. The minimum atomic E-state index is 0.727. The molecule has 2 nitrogen and oxygen atoms in total. The number of nitrogens with one attached hydrogen (secondary N) is 1. The Morgan fingerprint density at radius 1 is 1.06 bits per heavy atom. The number of rotatable bonds is 2. The first-order valence-corrected chi connectivity index (χ1v) is 7.40. The van der Waals surface area contributed by atoms with Gasteiger partial charge in [-0.15, -0.1) is 0 Å². The van der Waals surface area contributed by atoms with Crippen molar-refractivity contribution in [2.75, 3.05) is 0 Å². The molecule has 2 aliphatic rings. The van der Waals surface area contributed by atoms with Crippen LogP contribution >= 0.6 is 15.9 Å². The second kappa shape index (κ2) is 3.95. The molecule has 0 spiro atoms. The van der Waals surface area contributed by atoms with E-state index < -0.39 is 0 Å². The fourth-order valence-electron chi connectivity index (χ4n) is 3.27. The molecular formula is C15H15BrN2. The van der Waals surface area contributed by atoms with Crippen LogP contribution in [0.4, 0.5) is 0 Å². The third-order valence-corrected chi connectivity index (χ3v) is 4.93. The SMILES string of the molecule is Brc1ccc(-c2ncc([C@H]3C[C@@H]4C[C@@H]4C3)[nH]2)cc1. The van der Waals surface area contributed by atoms with Gasteiger partial charge in [0.15, 0.2) is 0 Å². The van der Waals surface area contributed by atoms with Crippen molar-refractivity contribution in [2.24, 2.45) is 11.8 Å². The number of nitrogens with zero attached hydrogens (tertiary/aromatic N) is 1. The van der Waals surface area contributed by atoms with Crippen LogP contribution in [0.25, 0.3) is 11.4 Å². The molecule has 92 valence electrons. The van der Waals surface area contributed by atoms with E-state index in [2.05, 4.69) is 50.2 Å². The van der Waals surface area contributed by atoms with Gasteiger partial charge in [0.1, 0.15) is 5.82 Å². The van der Waals surface area contributed by atoms with Crippen molar-refractivity contribution in [3.63, 3.8) is 0 Å². The van der Waals surface area contributed by atoms with Gasteiger partial charge in [-0.2, -0.15) is 0 Å². The molecule has 4 rings (SSSR count). The number of halogens is 1. The molecule has 0 unspecified atom stereocenters. The standard InChI is InChI=1S/C15H15BrN2/c16-13-3-1-9(2-4-13)15-17-8-14(18-15)12-6-10-5-11(10)7-12/h1-4,8,10-12H,5-7H2,(H,17,18)/t10-,11+,12-. The summed E-state index contributed by atoms with van der Waals surface area (Å²) in [5, 5.41) is 0. The summed E-state index contributed by atoms with van der Waals surface area (Å²) >= 11 is 3.46. The van der Waals surface area contributed by atoms with Gasteiger partial charge in [0.25, 0.3) is 0 Å². The number of aromatic nitrogens is 2. The molecule has 0 amide bonds. The Balaban J connectivity index is 1.59. The lowest BCUT2D eigenvalue weighted by Gasteiger charge is -2.08. The molecule has 3 atom stereocenters. The second-order valence-electron chi connectivity index (χ2n) is 5.62. The molecule has 1 N–H and O–H groups in total. The lowest BCUT2D eigenvalue weighted by atomic mass is 10.0. The Hall–Kier alpha value is -1.09. The lowest BCUT2D eigenvalue weighted by molar-refractivity contribution is 0.611. The maximum absolute atomic E-state index is 4.53. The molecule has 2 fully saturated rings. The predicted molar refractivity (Wildman–Crippen MR) is 75.3 cm³/mol. The van der Waals surface area contributed by atoms with E-state index in [1.807, 2.05) is 6.20 Å². The number of benzene rings is 1. The maximum atomic E-state index is 4.53. The van der Waals surface area contributed by atoms with Gasteiger partial charge in [-0.1, -0.05) is 28.1 Å². The highest BCUT2D eigenvalue weighted by Gasteiger charge is 2.46. The summed E-state index contributed by atoms with van der Waals surface area (Å²) in [5.74, 6) is 3.77. The molecular weight excluding hydrogens is 288 g/mol. The van der Waals surface area contributed by atoms with Gasteiger partial charge in [-0.3, -0.25) is 0 Å². The first kappa shape index (κ1) is 10.8. The third-order valence-electron chi connectivity index (χ3n) is 4.40. The molecule has 18 heavy (non-hydrogen) atoms. The molecule has 2 aliphatic carbocycles. The minimum absolute atomic E-state index is 0.727. The fourth-order valence-corrected chi connectivity index (χ4v) is 3.53. The number of fused-ring (bicyclic) bond motifs is 1. The van der Waals surface area contributed by atoms with Crippen molar-refractivity contribution < 1.29 is 0 Å². The lowest BCUT2D eigenvalue weighted by Crippen LogP contribution is -1.95. The number of hydrogen-bond donors (Lipinski definition) is 1. The van der Waals surface area contributed by atoms with Crippen LogP contribution in [-0.2, 0) is 0 Å². The van der Waals surface area contributed by atoms with Crippen molar-refractivity contribution in [1.82, 2.24) is 9.97 Å². The highest BCUT2D eigenvalue weighted by atomic mass is 79.9. The Morgan fingerprint density at radius 2 is 1.78 bits per heavy atom. The van der Waals surface area contributed by atoms with Gasteiger partial charge < -0.3 is 4.98 Å². The van der Waals surface area contributed by atoms with Crippen LogP contribution in [0.1, 0.15) is 30.9 Å². The zero-order valence-corrected chi connectivity index (χ0v) is 11.7. The van der Waals surface area contributed by atoms with Gasteiger partial charge in [0.05, 0.1) is 0 Å². The molecule has 0 aliphatic heterocycles. The quantitative estimate of drug-likeness (QED) is 0.877. The molecule has 3 heteroatoms. The van der Waals surface area contributed by atoms with Crippen molar-refractivity contribution in [3.8, 4) is 11.4 Å². The summed E-state index contributed by atoms with van der Waals surface area (Å²) in [5.41, 5.74) is 2.49. The van der Waals surface area contributed by atoms with Crippen LogP contribution in [0.2, 0.25) is 0 Å². The van der Waals surface area contributed by atoms with E-state index in [1.54, 1.807) is 0 Å². The number of imidazole rings is 1. The predicted octanol–water partition coefficient (Wildman–Crippen LogP) is 4.35. The third kappa shape index (κ3) is 1.81. The highest BCUT2D eigenvalue weighted by Crippen LogP contribution is 2.57. The first-order valence-electron chi connectivity index (χ1n) is 6.60. The Morgan fingerprint density at radius 3 is 2.50 bits per heavy atom. The molecule has 2 aromatic rings. The molecule has 2 saturated carbocycles. The largest absolute Gasteiger partial charge is 0.342 e. The smallest absolute Gasteiger partial charge is 0.137 e. The Labute approximate surface area is 115 Å². The monoisotopic (exact) mass is 302 g/mol. The molecule has 0 bridgehead atoms. The Kier molecular flexibility index (Phi) is 2.37. The zero-order valence-electron chi connectivity index (χ0n) is 10.1. The van der Waals surface area contributed by atoms with Gasteiger partial charge in [0, 0.05) is 27.8 Å². The first-order chi connectivity index (χ1) is 8.79. The van der Waals surface area contributed by atoms with Crippen LogP contribution in [0, 0.1) is 11.8 Å². The minimum Gasteiger partial charge on any atom is -0.342 e. The molecule has 0 radical (unpaired) electrons. The zero-order chi connectivity index (χ0) is 12.1. The summed E-state index contributed by atoms with van der Waals surface area (Å²) in [6, 6.07) is 8.31. The van der Waals surface area contributed by atoms with Crippen LogP contribution in [0.5, 0.6) is 0 Å². The normalized spacial score (nSPS) is 29.3. The van der Waals surface area contributed by atoms with Gasteiger partial charge in [-0.05, 0) is 43.2 Å². The van der Waals surface area contributed by atoms with Gasteiger partial charge in [-0.25, -0.2) is 4.98 Å². The number of H-pyrrole nitrogens is 1. The van der Waals surface area contributed by atoms with E-state index in [-0.39, 0.29) is 0 Å². The summed E-state index contributed by atoms with van der Waals surface area (Å²) in [7, 11) is 0. The van der Waals surface area contributed by atoms with Crippen molar-refractivity contribution in [2.45, 2.75) is 25.2 Å². The van der Waals surface area contributed by atoms with Crippen LogP contribution < -0.4 is 0 Å². The van der Waals surface area contributed by atoms with Crippen LogP contribution in [0.15, 0.2) is 34.9 Å². The number of hydrogen-bond acceptors (Lipinski definition) is 1. The van der Waals surface area contributed by atoms with Crippen LogP contribution in [0.3, 0.4) is 0 Å². The van der Waals surface area contributed by atoms with Crippen molar-refractivity contribution in [1.29, 1.82) is 0 Å². The van der Waals surface area contributed by atoms with E-state index in [1.165, 1.54) is 25.0 Å². The fraction of sp³-hybridized carbons (Fsp3) is 0.400. The maximum Gasteiger partial charge on any atom is 0.137 e. The van der Waals surface area contributed by atoms with E-state index in [9.17, 15) is 0 Å². The van der Waals surface area contributed by atoms with E-state index in [0.717, 1.165) is 33.6 Å². The average molecular weight is 303 g/mol. The van der Waals surface area contributed by atoms with Crippen molar-refractivity contribution in [3.05, 3.63) is 40.6 Å². The second-order valence-corrected chi connectivity index (χ2v) is 6.53.